The van der Waals surface area contributed by atoms with Gasteiger partial charge in [0.1, 0.15) is 11.3 Å². The number of carbonyl (C=O) groups excluding carboxylic acids is 1. The van der Waals surface area contributed by atoms with Crippen LogP contribution in [-0.4, -0.2) is 33.3 Å². The minimum absolute atomic E-state index is 0.0546. The highest BCUT2D eigenvalue weighted by atomic mass is 79.9. The highest BCUT2D eigenvalue weighted by molar-refractivity contribution is 9.10. The lowest BCUT2D eigenvalue weighted by molar-refractivity contribution is 0.0719. The lowest BCUT2D eigenvalue weighted by Crippen LogP contribution is -2.35. The average Bonchev–Trinajstić information content (AvgIpc) is 2.83. The molecule has 2 aromatic rings. The van der Waals surface area contributed by atoms with Crippen molar-refractivity contribution in [1.82, 2.24) is 14.3 Å². The quantitative estimate of drug-likeness (QED) is 0.809. The SMILES string of the molecule is Cc1cc(Br)cn2cc(C(=O)N3CCCCC3)nc12. The molecule has 3 rings (SSSR count). The van der Waals surface area contributed by atoms with Gasteiger partial charge in [0, 0.05) is 30.0 Å². The molecule has 4 nitrogen and oxygen atoms in total. The Balaban J connectivity index is 1.96. The van der Waals surface area contributed by atoms with Crippen molar-refractivity contribution < 1.29 is 4.79 Å². The molecule has 1 saturated heterocycles. The zero-order chi connectivity index (χ0) is 13.4. The Morgan fingerprint density at radius 3 is 2.74 bits per heavy atom. The van der Waals surface area contributed by atoms with Crippen LogP contribution in [-0.2, 0) is 0 Å². The predicted molar refractivity (Wildman–Crippen MR) is 77.4 cm³/mol. The fourth-order valence-corrected chi connectivity index (χ4v) is 3.15. The van der Waals surface area contributed by atoms with Crippen molar-refractivity contribution in [3.63, 3.8) is 0 Å². The summed E-state index contributed by atoms with van der Waals surface area (Å²) in [5.41, 5.74) is 2.46. The number of hydrogen-bond acceptors (Lipinski definition) is 2. The number of aromatic nitrogens is 2. The first-order valence-corrected chi connectivity index (χ1v) is 7.38. The maximum atomic E-state index is 12.4. The van der Waals surface area contributed by atoms with Gasteiger partial charge in [-0.25, -0.2) is 4.98 Å². The smallest absolute Gasteiger partial charge is 0.274 e. The molecule has 1 fully saturated rings. The summed E-state index contributed by atoms with van der Waals surface area (Å²) in [6.07, 6.45) is 7.18. The number of halogens is 1. The molecular formula is C14H16BrN3O. The van der Waals surface area contributed by atoms with Crippen LogP contribution < -0.4 is 0 Å². The third kappa shape index (κ3) is 2.39. The molecule has 0 spiro atoms. The van der Waals surface area contributed by atoms with Crippen molar-refractivity contribution in [1.29, 1.82) is 0 Å². The molecule has 0 atom stereocenters. The number of fused-ring (bicyclic) bond motifs is 1. The van der Waals surface area contributed by atoms with E-state index in [1.54, 1.807) is 0 Å². The van der Waals surface area contributed by atoms with Gasteiger partial charge < -0.3 is 9.30 Å². The van der Waals surface area contributed by atoms with Gasteiger partial charge in [-0.05, 0) is 53.7 Å². The van der Waals surface area contributed by atoms with Crippen molar-refractivity contribution in [2.75, 3.05) is 13.1 Å². The summed E-state index contributed by atoms with van der Waals surface area (Å²) in [5.74, 6) is 0.0546. The molecule has 1 amide bonds. The van der Waals surface area contributed by atoms with E-state index in [-0.39, 0.29) is 5.91 Å². The largest absolute Gasteiger partial charge is 0.337 e. The molecule has 1 aliphatic rings. The summed E-state index contributed by atoms with van der Waals surface area (Å²) < 4.78 is 2.91. The van der Waals surface area contributed by atoms with E-state index in [0.29, 0.717) is 5.69 Å². The fraction of sp³-hybridized carbons (Fsp3) is 0.429. The van der Waals surface area contributed by atoms with Crippen molar-refractivity contribution >= 4 is 27.5 Å². The molecule has 3 heterocycles. The fourth-order valence-electron chi connectivity index (χ4n) is 2.59. The number of imidazole rings is 1. The van der Waals surface area contributed by atoms with E-state index in [9.17, 15) is 4.79 Å². The van der Waals surface area contributed by atoms with E-state index < -0.39 is 0 Å². The number of nitrogens with zero attached hydrogens (tertiary/aromatic N) is 3. The molecule has 5 heteroatoms. The van der Waals surface area contributed by atoms with Gasteiger partial charge in [-0.3, -0.25) is 4.79 Å². The summed E-state index contributed by atoms with van der Waals surface area (Å²) in [5, 5.41) is 0. The van der Waals surface area contributed by atoms with Crippen LogP contribution in [0.4, 0.5) is 0 Å². The summed E-state index contributed by atoms with van der Waals surface area (Å²) in [7, 11) is 0. The normalized spacial score (nSPS) is 16.0. The molecule has 2 aromatic heterocycles. The molecule has 0 saturated carbocycles. The second kappa shape index (κ2) is 4.96. The Labute approximate surface area is 120 Å². The second-order valence-corrected chi connectivity index (χ2v) is 5.97. The van der Waals surface area contributed by atoms with Crippen LogP contribution in [0.1, 0.15) is 35.3 Å². The Hall–Kier alpha value is -1.36. The summed E-state index contributed by atoms with van der Waals surface area (Å²) in [4.78, 5) is 18.8. The molecule has 0 aromatic carbocycles. The first kappa shape index (κ1) is 12.7. The zero-order valence-corrected chi connectivity index (χ0v) is 12.5. The average molecular weight is 322 g/mol. The number of rotatable bonds is 1. The Morgan fingerprint density at radius 2 is 2.00 bits per heavy atom. The number of hydrogen-bond donors (Lipinski definition) is 0. The molecule has 0 N–H and O–H groups in total. The summed E-state index contributed by atoms with van der Waals surface area (Å²) >= 11 is 3.46. The van der Waals surface area contributed by atoms with Crippen molar-refractivity contribution in [3.05, 3.63) is 34.2 Å². The maximum Gasteiger partial charge on any atom is 0.274 e. The highest BCUT2D eigenvalue weighted by Gasteiger charge is 2.21. The summed E-state index contributed by atoms with van der Waals surface area (Å²) in [6, 6.07) is 2.01. The Bertz CT molecular complexity index is 629. The van der Waals surface area contributed by atoms with E-state index in [1.807, 2.05) is 34.7 Å². The summed E-state index contributed by atoms with van der Waals surface area (Å²) in [6.45, 7) is 3.72. The minimum atomic E-state index is 0.0546. The number of aryl methyl sites for hydroxylation is 1. The molecule has 0 radical (unpaired) electrons. The third-order valence-electron chi connectivity index (χ3n) is 3.56. The number of amides is 1. The van der Waals surface area contributed by atoms with Gasteiger partial charge in [0.15, 0.2) is 0 Å². The molecule has 19 heavy (non-hydrogen) atoms. The van der Waals surface area contributed by atoms with Crippen LogP contribution in [0, 0.1) is 6.92 Å². The van der Waals surface area contributed by atoms with Gasteiger partial charge in [-0.2, -0.15) is 0 Å². The topological polar surface area (TPSA) is 37.6 Å². The zero-order valence-electron chi connectivity index (χ0n) is 10.9. The Kier molecular flexibility index (Phi) is 3.31. The lowest BCUT2D eigenvalue weighted by Gasteiger charge is -2.25. The van der Waals surface area contributed by atoms with E-state index in [0.717, 1.165) is 41.6 Å². The lowest BCUT2D eigenvalue weighted by atomic mass is 10.1. The van der Waals surface area contributed by atoms with Crippen LogP contribution in [0.5, 0.6) is 0 Å². The molecule has 0 aliphatic carbocycles. The highest BCUT2D eigenvalue weighted by Crippen LogP contribution is 2.19. The van der Waals surface area contributed by atoms with Gasteiger partial charge in [0.05, 0.1) is 0 Å². The van der Waals surface area contributed by atoms with E-state index in [4.69, 9.17) is 0 Å². The monoisotopic (exact) mass is 321 g/mol. The van der Waals surface area contributed by atoms with Crippen molar-refractivity contribution in [2.24, 2.45) is 0 Å². The maximum absolute atomic E-state index is 12.4. The van der Waals surface area contributed by atoms with Gasteiger partial charge in [0.25, 0.3) is 5.91 Å². The van der Waals surface area contributed by atoms with Gasteiger partial charge in [-0.1, -0.05) is 0 Å². The minimum Gasteiger partial charge on any atom is -0.337 e. The number of piperidine rings is 1. The first-order chi connectivity index (χ1) is 9.15. The molecule has 0 bridgehead atoms. The molecule has 100 valence electrons. The molecule has 1 aliphatic heterocycles. The van der Waals surface area contributed by atoms with E-state index in [1.165, 1.54) is 6.42 Å². The molecule has 0 unspecified atom stereocenters. The van der Waals surface area contributed by atoms with Gasteiger partial charge in [-0.15, -0.1) is 0 Å². The first-order valence-electron chi connectivity index (χ1n) is 6.59. The third-order valence-corrected chi connectivity index (χ3v) is 4.00. The standard InChI is InChI=1S/C14H16BrN3O/c1-10-7-11(15)8-18-9-12(16-13(10)18)14(19)17-5-3-2-4-6-17/h7-9H,2-6H2,1H3. The van der Waals surface area contributed by atoms with Crippen LogP contribution in [0.25, 0.3) is 5.65 Å². The van der Waals surface area contributed by atoms with Crippen molar-refractivity contribution in [2.45, 2.75) is 26.2 Å². The van der Waals surface area contributed by atoms with Crippen LogP contribution in [0.15, 0.2) is 22.9 Å². The predicted octanol–water partition coefficient (Wildman–Crippen LogP) is 3.03. The van der Waals surface area contributed by atoms with Crippen LogP contribution >= 0.6 is 15.9 Å². The van der Waals surface area contributed by atoms with Gasteiger partial charge in [0.2, 0.25) is 0 Å². The number of carbonyl (C=O) groups is 1. The number of pyridine rings is 1. The van der Waals surface area contributed by atoms with Crippen LogP contribution in [0.3, 0.4) is 0 Å². The number of likely N-dealkylation sites (tertiary alicyclic amines) is 1. The second-order valence-electron chi connectivity index (χ2n) is 5.05. The molecular weight excluding hydrogens is 306 g/mol. The van der Waals surface area contributed by atoms with Crippen LogP contribution in [0.2, 0.25) is 0 Å². The van der Waals surface area contributed by atoms with E-state index >= 15 is 0 Å². The Morgan fingerprint density at radius 1 is 1.26 bits per heavy atom. The van der Waals surface area contributed by atoms with Crippen molar-refractivity contribution in [3.8, 4) is 0 Å². The van der Waals surface area contributed by atoms with Gasteiger partial charge >= 0.3 is 0 Å². The van der Waals surface area contributed by atoms with E-state index in [2.05, 4.69) is 20.9 Å².